The number of rotatable bonds is 1. The minimum absolute atomic E-state index is 0.01000. The fourth-order valence-electron chi connectivity index (χ4n) is 1.62. The summed E-state index contributed by atoms with van der Waals surface area (Å²) in [6, 6.07) is 3.62. The van der Waals surface area contributed by atoms with Crippen molar-refractivity contribution in [1.82, 2.24) is 9.88 Å². The van der Waals surface area contributed by atoms with E-state index >= 15 is 0 Å². The van der Waals surface area contributed by atoms with E-state index in [9.17, 15) is 9.00 Å². The molecule has 5 heteroatoms. The lowest BCUT2D eigenvalue weighted by Crippen LogP contribution is -2.41. The van der Waals surface area contributed by atoms with E-state index < -0.39 is 10.8 Å². The van der Waals surface area contributed by atoms with Crippen LogP contribution in [-0.2, 0) is 10.8 Å². The topological polar surface area (TPSA) is 50.3 Å². The highest BCUT2D eigenvalue weighted by Crippen LogP contribution is 2.08. The number of hydrogen-bond donors (Lipinski definition) is 0. The summed E-state index contributed by atoms with van der Waals surface area (Å²) >= 11 is 0. The van der Waals surface area contributed by atoms with Crippen LogP contribution < -0.4 is 0 Å². The second kappa shape index (κ2) is 4.74. The van der Waals surface area contributed by atoms with E-state index in [0.717, 1.165) is 5.69 Å². The molecule has 0 bridgehead atoms. The van der Waals surface area contributed by atoms with E-state index in [0.29, 0.717) is 30.2 Å². The van der Waals surface area contributed by atoms with Crippen LogP contribution in [0.1, 0.15) is 16.1 Å². The SMILES string of the molecule is Cc1ccc(C(=O)N2CCS(=O)CC2)cn1. The van der Waals surface area contributed by atoms with Crippen molar-refractivity contribution in [2.75, 3.05) is 24.6 Å². The van der Waals surface area contributed by atoms with Gasteiger partial charge in [0, 0.05) is 47.3 Å². The number of hydrogen-bond acceptors (Lipinski definition) is 3. The van der Waals surface area contributed by atoms with E-state index in [1.54, 1.807) is 17.2 Å². The van der Waals surface area contributed by atoms with Crippen molar-refractivity contribution < 1.29 is 9.00 Å². The summed E-state index contributed by atoms with van der Waals surface area (Å²) in [7, 11) is -0.747. The lowest BCUT2D eigenvalue weighted by molar-refractivity contribution is 0.0771. The van der Waals surface area contributed by atoms with Gasteiger partial charge in [0.2, 0.25) is 0 Å². The number of nitrogens with zero attached hydrogens (tertiary/aromatic N) is 2. The second-order valence-corrected chi connectivity index (χ2v) is 5.52. The van der Waals surface area contributed by atoms with Gasteiger partial charge < -0.3 is 4.90 Å². The third kappa shape index (κ3) is 2.47. The Bertz CT molecular complexity index is 406. The predicted octanol–water partition coefficient (Wildman–Crippen LogP) is 0.595. The Morgan fingerprint density at radius 1 is 1.38 bits per heavy atom. The Morgan fingerprint density at radius 2 is 2.06 bits per heavy atom. The monoisotopic (exact) mass is 238 g/mol. The molecule has 1 fully saturated rings. The van der Waals surface area contributed by atoms with Crippen molar-refractivity contribution in [2.45, 2.75) is 6.92 Å². The number of carbonyl (C=O) groups excluding carboxylic acids is 1. The number of aryl methyl sites for hydroxylation is 1. The van der Waals surface area contributed by atoms with E-state index in [4.69, 9.17) is 0 Å². The molecule has 1 saturated heterocycles. The number of aromatic nitrogens is 1. The molecular weight excluding hydrogens is 224 g/mol. The molecule has 2 heterocycles. The van der Waals surface area contributed by atoms with Crippen molar-refractivity contribution in [3.63, 3.8) is 0 Å². The highest BCUT2D eigenvalue weighted by Gasteiger charge is 2.21. The summed E-state index contributed by atoms with van der Waals surface area (Å²) in [6.45, 7) is 3.05. The zero-order valence-electron chi connectivity index (χ0n) is 9.18. The first-order valence-electron chi connectivity index (χ1n) is 5.24. The Balaban J connectivity index is 2.07. The molecule has 0 aromatic carbocycles. The quantitative estimate of drug-likeness (QED) is 0.719. The maximum atomic E-state index is 12.0. The van der Waals surface area contributed by atoms with Gasteiger partial charge in [0.05, 0.1) is 5.56 Å². The van der Waals surface area contributed by atoms with Gasteiger partial charge in [0.15, 0.2) is 0 Å². The first kappa shape index (κ1) is 11.3. The van der Waals surface area contributed by atoms with Gasteiger partial charge in [-0.2, -0.15) is 0 Å². The van der Waals surface area contributed by atoms with E-state index in [1.807, 2.05) is 13.0 Å². The number of carbonyl (C=O) groups is 1. The summed E-state index contributed by atoms with van der Waals surface area (Å²) in [5.41, 5.74) is 1.51. The standard InChI is InChI=1S/C11H14N2O2S/c1-9-2-3-10(8-12-9)11(14)13-4-6-16(15)7-5-13/h2-3,8H,4-7H2,1H3. The minimum atomic E-state index is -0.747. The zero-order chi connectivity index (χ0) is 11.5. The smallest absolute Gasteiger partial charge is 0.255 e. The van der Waals surface area contributed by atoms with Crippen LogP contribution in [0.25, 0.3) is 0 Å². The maximum Gasteiger partial charge on any atom is 0.255 e. The van der Waals surface area contributed by atoms with Crippen molar-refractivity contribution in [3.05, 3.63) is 29.6 Å². The molecule has 2 rings (SSSR count). The van der Waals surface area contributed by atoms with Crippen LogP contribution in [0.4, 0.5) is 0 Å². The van der Waals surface area contributed by atoms with Crippen molar-refractivity contribution >= 4 is 16.7 Å². The first-order valence-corrected chi connectivity index (χ1v) is 6.72. The molecule has 0 spiro atoms. The number of pyridine rings is 1. The van der Waals surface area contributed by atoms with Crippen molar-refractivity contribution in [3.8, 4) is 0 Å². The molecule has 1 aliphatic rings. The predicted molar refractivity (Wildman–Crippen MR) is 62.8 cm³/mol. The molecule has 1 aromatic heterocycles. The summed E-state index contributed by atoms with van der Waals surface area (Å²) in [5.74, 6) is 1.17. The lowest BCUT2D eigenvalue weighted by atomic mass is 10.2. The van der Waals surface area contributed by atoms with Gasteiger partial charge in [-0.15, -0.1) is 0 Å². The van der Waals surface area contributed by atoms with E-state index in [2.05, 4.69) is 4.98 Å². The number of amides is 1. The Morgan fingerprint density at radius 3 is 2.62 bits per heavy atom. The Kier molecular flexibility index (Phi) is 3.33. The fourth-order valence-corrected chi connectivity index (χ4v) is 2.67. The molecule has 0 atom stereocenters. The van der Waals surface area contributed by atoms with Crippen molar-refractivity contribution in [1.29, 1.82) is 0 Å². The molecule has 0 saturated carbocycles. The highest BCUT2D eigenvalue weighted by molar-refractivity contribution is 7.85. The molecule has 1 aliphatic heterocycles. The summed E-state index contributed by atoms with van der Waals surface area (Å²) in [6.07, 6.45) is 1.60. The molecule has 16 heavy (non-hydrogen) atoms. The molecule has 0 unspecified atom stereocenters. The molecule has 86 valence electrons. The van der Waals surface area contributed by atoms with E-state index in [1.165, 1.54) is 0 Å². The van der Waals surface area contributed by atoms with Gasteiger partial charge in [-0.25, -0.2) is 0 Å². The van der Waals surface area contributed by atoms with Crippen LogP contribution in [0.3, 0.4) is 0 Å². The fraction of sp³-hybridized carbons (Fsp3) is 0.455. The van der Waals surface area contributed by atoms with Crippen LogP contribution in [0.2, 0.25) is 0 Å². The average molecular weight is 238 g/mol. The van der Waals surface area contributed by atoms with Crippen LogP contribution in [0.5, 0.6) is 0 Å². The van der Waals surface area contributed by atoms with Gasteiger partial charge in [-0.1, -0.05) is 0 Å². The summed E-state index contributed by atoms with van der Waals surface area (Å²) in [4.78, 5) is 17.9. The third-order valence-electron chi connectivity index (χ3n) is 2.62. The molecule has 1 amide bonds. The van der Waals surface area contributed by atoms with Crippen LogP contribution in [0, 0.1) is 6.92 Å². The van der Waals surface area contributed by atoms with Gasteiger partial charge in [0.25, 0.3) is 5.91 Å². The molecule has 0 aliphatic carbocycles. The molecule has 4 nitrogen and oxygen atoms in total. The molecular formula is C11H14N2O2S. The molecule has 1 aromatic rings. The van der Waals surface area contributed by atoms with Gasteiger partial charge >= 0.3 is 0 Å². The average Bonchev–Trinajstić information content (AvgIpc) is 2.30. The van der Waals surface area contributed by atoms with E-state index in [-0.39, 0.29) is 5.91 Å². The Hall–Kier alpha value is -1.23. The third-order valence-corrected chi connectivity index (χ3v) is 3.90. The van der Waals surface area contributed by atoms with Crippen LogP contribution in [-0.4, -0.2) is 44.6 Å². The van der Waals surface area contributed by atoms with Gasteiger partial charge in [-0.3, -0.25) is 14.0 Å². The van der Waals surface area contributed by atoms with Crippen LogP contribution in [0.15, 0.2) is 18.3 Å². The maximum absolute atomic E-state index is 12.0. The van der Waals surface area contributed by atoms with Gasteiger partial charge in [0.1, 0.15) is 0 Å². The molecule has 0 N–H and O–H groups in total. The second-order valence-electron chi connectivity index (χ2n) is 3.83. The normalized spacial score (nSPS) is 17.4. The van der Waals surface area contributed by atoms with Crippen molar-refractivity contribution in [2.24, 2.45) is 0 Å². The molecule has 0 radical (unpaired) electrons. The summed E-state index contributed by atoms with van der Waals surface area (Å²) in [5, 5.41) is 0. The van der Waals surface area contributed by atoms with Crippen LogP contribution >= 0.6 is 0 Å². The van der Waals surface area contributed by atoms with Gasteiger partial charge in [-0.05, 0) is 19.1 Å². The summed E-state index contributed by atoms with van der Waals surface area (Å²) < 4.78 is 11.2. The largest absolute Gasteiger partial charge is 0.337 e. The Labute approximate surface area is 97.1 Å². The zero-order valence-corrected chi connectivity index (χ0v) is 10.00. The lowest BCUT2D eigenvalue weighted by Gasteiger charge is -2.26. The highest BCUT2D eigenvalue weighted by atomic mass is 32.2. The minimum Gasteiger partial charge on any atom is -0.337 e. The first-order chi connectivity index (χ1) is 7.66.